The second kappa shape index (κ2) is 8.55. The molecule has 31 heavy (non-hydrogen) atoms. The Morgan fingerprint density at radius 3 is 2.52 bits per heavy atom. The summed E-state index contributed by atoms with van der Waals surface area (Å²) in [5, 5.41) is 4.18. The average molecular weight is 457 g/mol. The van der Waals surface area contributed by atoms with Crippen molar-refractivity contribution in [3.8, 4) is 0 Å². The smallest absolute Gasteiger partial charge is 0.266 e. The summed E-state index contributed by atoms with van der Waals surface area (Å²) in [6.45, 7) is 8.98. The maximum Gasteiger partial charge on any atom is 0.266 e. The van der Waals surface area contributed by atoms with Crippen LogP contribution >= 0.6 is 22.9 Å². The number of halogens is 1. The van der Waals surface area contributed by atoms with Crippen molar-refractivity contribution >= 4 is 50.7 Å². The second-order valence-corrected chi connectivity index (χ2v) is 9.21. The number of rotatable bonds is 6. The highest BCUT2D eigenvalue weighted by molar-refractivity contribution is 7.20. The van der Waals surface area contributed by atoms with Crippen LogP contribution in [0.4, 0.5) is 5.69 Å². The third-order valence-electron chi connectivity index (χ3n) is 5.65. The number of carbonyl (C=O) groups excluding carboxylic acids is 2. The van der Waals surface area contributed by atoms with Crippen molar-refractivity contribution < 1.29 is 9.59 Å². The number of hydrogen-bond acceptors (Lipinski definition) is 5. The molecule has 1 aliphatic rings. The van der Waals surface area contributed by atoms with Gasteiger partial charge in [-0.15, -0.1) is 11.3 Å². The largest absolute Gasteiger partial charge is 0.339 e. The average Bonchev–Trinajstić information content (AvgIpc) is 3.52. The molecule has 0 saturated heterocycles. The molecule has 1 aromatic carbocycles. The number of nitrogens with zero attached hydrogens (tertiary/aromatic N) is 3. The van der Waals surface area contributed by atoms with E-state index in [0.29, 0.717) is 40.2 Å². The number of fused-ring (bicyclic) bond motifs is 1. The molecule has 6 nitrogen and oxygen atoms in total. The van der Waals surface area contributed by atoms with Crippen molar-refractivity contribution in [3.05, 3.63) is 50.7 Å². The first kappa shape index (κ1) is 21.7. The van der Waals surface area contributed by atoms with E-state index in [1.54, 1.807) is 23.1 Å². The Labute approximate surface area is 190 Å². The van der Waals surface area contributed by atoms with E-state index in [-0.39, 0.29) is 11.8 Å². The third kappa shape index (κ3) is 4.16. The molecule has 1 saturated carbocycles. The molecule has 1 aliphatic carbocycles. The Morgan fingerprint density at radius 1 is 1.19 bits per heavy atom. The fourth-order valence-corrected chi connectivity index (χ4v) is 5.13. The monoisotopic (exact) mass is 456 g/mol. The molecule has 2 aromatic heterocycles. The Bertz CT molecular complexity index is 1180. The van der Waals surface area contributed by atoms with Gasteiger partial charge in [0.05, 0.1) is 21.2 Å². The fraction of sp³-hybridized carbons (Fsp3) is 0.391. The van der Waals surface area contributed by atoms with Gasteiger partial charge >= 0.3 is 0 Å². The van der Waals surface area contributed by atoms with Crippen molar-refractivity contribution in [2.75, 3.05) is 18.4 Å². The van der Waals surface area contributed by atoms with E-state index in [2.05, 4.69) is 10.3 Å². The van der Waals surface area contributed by atoms with Crippen LogP contribution in [0.5, 0.6) is 0 Å². The quantitative estimate of drug-likeness (QED) is 0.525. The predicted octanol–water partition coefficient (Wildman–Crippen LogP) is 5.57. The van der Waals surface area contributed by atoms with Crippen molar-refractivity contribution in [1.29, 1.82) is 0 Å². The summed E-state index contributed by atoms with van der Waals surface area (Å²) in [6.07, 6.45) is 2.27. The van der Waals surface area contributed by atoms with Crippen LogP contribution in [-0.2, 0) is 0 Å². The number of nitrogens with one attached hydrogen (secondary N) is 1. The number of aromatic nitrogens is 2. The highest BCUT2D eigenvalue weighted by atomic mass is 35.5. The molecular formula is C23H25ClN4O2S. The number of anilines is 1. The van der Waals surface area contributed by atoms with Gasteiger partial charge in [-0.1, -0.05) is 11.6 Å². The van der Waals surface area contributed by atoms with Gasteiger partial charge in [-0.25, -0.2) is 9.97 Å². The van der Waals surface area contributed by atoms with Crippen LogP contribution in [0.3, 0.4) is 0 Å². The number of benzene rings is 1. The number of carbonyl (C=O) groups is 2. The minimum atomic E-state index is -0.216. The van der Waals surface area contributed by atoms with Crippen molar-refractivity contribution in [1.82, 2.24) is 14.9 Å². The maximum absolute atomic E-state index is 13.0. The Kier molecular flexibility index (Phi) is 5.99. The predicted molar refractivity (Wildman–Crippen MR) is 126 cm³/mol. The third-order valence-corrected chi connectivity index (χ3v) is 7.14. The molecule has 1 N–H and O–H groups in total. The van der Waals surface area contributed by atoms with Crippen LogP contribution in [0.15, 0.2) is 18.2 Å². The molecule has 2 heterocycles. The molecule has 0 bridgehead atoms. The van der Waals surface area contributed by atoms with Crippen LogP contribution < -0.4 is 5.32 Å². The van der Waals surface area contributed by atoms with Gasteiger partial charge in [0, 0.05) is 30.1 Å². The van der Waals surface area contributed by atoms with Gasteiger partial charge in [-0.05, 0) is 64.3 Å². The molecule has 162 valence electrons. The van der Waals surface area contributed by atoms with Crippen LogP contribution in [0.1, 0.15) is 69.7 Å². The molecule has 0 radical (unpaired) electrons. The first-order chi connectivity index (χ1) is 14.8. The highest BCUT2D eigenvalue weighted by Crippen LogP contribution is 2.40. The molecular weight excluding hydrogens is 432 g/mol. The lowest BCUT2D eigenvalue weighted by Crippen LogP contribution is -2.30. The molecule has 2 amide bonds. The number of thiophene rings is 1. The van der Waals surface area contributed by atoms with Gasteiger partial charge in [-0.2, -0.15) is 0 Å². The topological polar surface area (TPSA) is 75.2 Å². The molecule has 8 heteroatoms. The van der Waals surface area contributed by atoms with Gasteiger partial charge in [0.2, 0.25) is 0 Å². The Balaban J connectivity index is 1.59. The molecule has 3 aromatic rings. The van der Waals surface area contributed by atoms with Crippen LogP contribution in [0.25, 0.3) is 10.2 Å². The minimum Gasteiger partial charge on any atom is -0.339 e. The van der Waals surface area contributed by atoms with Crippen molar-refractivity contribution in [3.63, 3.8) is 0 Å². The van der Waals surface area contributed by atoms with Gasteiger partial charge in [0.25, 0.3) is 11.8 Å². The number of amides is 2. The van der Waals surface area contributed by atoms with E-state index in [1.807, 2.05) is 27.7 Å². The Hall–Kier alpha value is -2.51. The van der Waals surface area contributed by atoms with Gasteiger partial charge in [0.15, 0.2) is 0 Å². The molecule has 0 atom stereocenters. The fourth-order valence-electron chi connectivity index (χ4n) is 3.74. The highest BCUT2D eigenvalue weighted by Gasteiger charge is 2.28. The normalized spacial score (nSPS) is 13.5. The van der Waals surface area contributed by atoms with Crippen LogP contribution in [0.2, 0.25) is 5.02 Å². The molecule has 4 rings (SSSR count). The van der Waals surface area contributed by atoms with Gasteiger partial charge in [-0.3, -0.25) is 9.59 Å². The zero-order chi connectivity index (χ0) is 22.3. The van der Waals surface area contributed by atoms with Gasteiger partial charge < -0.3 is 10.2 Å². The Morgan fingerprint density at radius 2 is 1.90 bits per heavy atom. The van der Waals surface area contributed by atoms with Gasteiger partial charge in [0.1, 0.15) is 10.7 Å². The summed E-state index contributed by atoms with van der Waals surface area (Å²) in [6, 6.07) is 4.99. The first-order valence-electron chi connectivity index (χ1n) is 10.5. The second-order valence-electron chi connectivity index (χ2n) is 7.80. The molecule has 1 fully saturated rings. The number of aryl methyl sites for hydroxylation is 2. The standard InChI is InChI=1S/C23H25ClN4O2S/c1-5-28(6-2)23(30)16-10-9-15(11-17(16)24)26-21(29)19-12(3)18-13(4)25-20(14-7-8-14)27-22(18)31-19/h9-11,14H,5-8H2,1-4H3,(H,26,29). The lowest BCUT2D eigenvalue weighted by Gasteiger charge is -2.19. The molecule has 0 spiro atoms. The van der Waals surface area contributed by atoms with Crippen LogP contribution in [0, 0.1) is 13.8 Å². The lowest BCUT2D eigenvalue weighted by atomic mass is 10.1. The minimum absolute atomic E-state index is 0.117. The van der Waals surface area contributed by atoms with Crippen molar-refractivity contribution in [2.24, 2.45) is 0 Å². The maximum atomic E-state index is 13.0. The van der Waals surface area contributed by atoms with Crippen molar-refractivity contribution in [2.45, 2.75) is 46.5 Å². The SMILES string of the molecule is CCN(CC)C(=O)c1ccc(NC(=O)c2sc3nc(C4CC4)nc(C)c3c2C)cc1Cl. The summed E-state index contributed by atoms with van der Waals surface area (Å²) in [7, 11) is 0. The van der Waals surface area contributed by atoms with E-state index < -0.39 is 0 Å². The summed E-state index contributed by atoms with van der Waals surface area (Å²) in [5.74, 6) is 1.02. The summed E-state index contributed by atoms with van der Waals surface area (Å²) in [5.41, 5.74) is 2.78. The molecule has 0 unspecified atom stereocenters. The first-order valence-corrected chi connectivity index (χ1v) is 11.7. The van der Waals surface area contributed by atoms with E-state index in [9.17, 15) is 9.59 Å². The zero-order valence-electron chi connectivity index (χ0n) is 18.1. The van der Waals surface area contributed by atoms with E-state index in [0.717, 1.165) is 40.1 Å². The van der Waals surface area contributed by atoms with Crippen LogP contribution in [-0.4, -0.2) is 39.8 Å². The summed E-state index contributed by atoms with van der Waals surface area (Å²) >= 11 is 7.76. The molecule has 0 aliphatic heterocycles. The zero-order valence-corrected chi connectivity index (χ0v) is 19.7. The summed E-state index contributed by atoms with van der Waals surface area (Å²) < 4.78 is 0. The van der Waals surface area contributed by atoms with E-state index in [1.165, 1.54) is 11.3 Å². The lowest BCUT2D eigenvalue weighted by molar-refractivity contribution is 0.0773. The summed E-state index contributed by atoms with van der Waals surface area (Å²) in [4.78, 5) is 38.1. The number of hydrogen-bond donors (Lipinski definition) is 1. The van der Waals surface area contributed by atoms with E-state index >= 15 is 0 Å². The van der Waals surface area contributed by atoms with E-state index in [4.69, 9.17) is 16.6 Å².